The van der Waals surface area contributed by atoms with Crippen molar-refractivity contribution in [2.75, 3.05) is 16.8 Å². The van der Waals surface area contributed by atoms with Crippen LogP contribution in [-0.2, 0) is 4.79 Å². The van der Waals surface area contributed by atoms with Gasteiger partial charge in [0.15, 0.2) is 0 Å². The number of rotatable bonds is 4. The number of carbonyl (C=O) groups is 1. The molecule has 0 atom stereocenters. The number of hydrogen-bond donors (Lipinski definition) is 2. The van der Waals surface area contributed by atoms with E-state index in [0.29, 0.717) is 11.5 Å². The summed E-state index contributed by atoms with van der Waals surface area (Å²) in [6.07, 6.45) is 1.61. The third-order valence-corrected chi connectivity index (χ3v) is 3.22. The van der Waals surface area contributed by atoms with Gasteiger partial charge in [-0.2, -0.15) is 0 Å². The first-order valence-corrected chi connectivity index (χ1v) is 6.52. The number of halogens is 1. The fourth-order valence-electron chi connectivity index (χ4n) is 1.39. The molecule has 0 aliphatic rings. The van der Waals surface area contributed by atoms with E-state index in [1.165, 1.54) is 23.9 Å². The van der Waals surface area contributed by atoms with Crippen molar-refractivity contribution in [1.29, 1.82) is 0 Å². The number of anilines is 2. The molecule has 0 fully saturated rings. The second-order valence-corrected chi connectivity index (χ2v) is 4.81. The van der Waals surface area contributed by atoms with Crippen molar-refractivity contribution in [1.82, 2.24) is 4.98 Å². The molecule has 1 aromatic heterocycles. The summed E-state index contributed by atoms with van der Waals surface area (Å²) in [6.45, 7) is 0. The molecule has 4 nitrogen and oxygen atoms in total. The highest BCUT2D eigenvalue weighted by atomic mass is 32.2. The van der Waals surface area contributed by atoms with Gasteiger partial charge in [-0.05, 0) is 30.3 Å². The minimum absolute atomic E-state index is 0.201. The van der Waals surface area contributed by atoms with Crippen molar-refractivity contribution >= 4 is 29.2 Å². The van der Waals surface area contributed by atoms with Gasteiger partial charge in [-0.15, -0.1) is 11.8 Å². The van der Waals surface area contributed by atoms with E-state index < -0.39 is 0 Å². The molecule has 3 N–H and O–H groups in total. The van der Waals surface area contributed by atoms with Crippen LogP contribution < -0.4 is 11.1 Å². The lowest BCUT2D eigenvalue weighted by Gasteiger charge is -2.05. The van der Waals surface area contributed by atoms with Crippen LogP contribution in [0.25, 0.3) is 0 Å². The van der Waals surface area contributed by atoms with Gasteiger partial charge in [-0.3, -0.25) is 4.79 Å². The Morgan fingerprint density at radius 3 is 2.89 bits per heavy atom. The number of nitrogens with two attached hydrogens (primary N) is 1. The maximum atomic E-state index is 12.9. The molecule has 2 rings (SSSR count). The molecule has 0 bridgehead atoms. The quantitative estimate of drug-likeness (QED) is 0.843. The number of pyridine rings is 1. The van der Waals surface area contributed by atoms with E-state index in [-0.39, 0.29) is 17.5 Å². The molecule has 0 saturated heterocycles. The second kappa shape index (κ2) is 6.19. The van der Waals surface area contributed by atoms with Crippen molar-refractivity contribution in [2.45, 2.75) is 4.90 Å². The standard InChI is InChI=1S/C13H12FN3OS/c14-9-2-1-3-10(6-9)17-13(18)8-19-11-4-5-12(15)16-7-11/h1-7H,8H2,(H2,15,16)(H,17,18). The molecule has 0 unspecified atom stereocenters. The van der Waals surface area contributed by atoms with Gasteiger partial charge in [-0.1, -0.05) is 6.07 Å². The zero-order valence-electron chi connectivity index (χ0n) is 9.97. The average molecular weight is 277 g/mol. The van der Waals surface area contributed by atoms with E-state index in [1.54, 1.807) is 30.5 Å². The Morgan fingerprint density at radius 1 is 1.37 bits per heavy atom. The van der Waals surface area contributed by atoms with Gasteiger partial charge < -0.3 is 11.1 Å². The van der Waals surface area contributed by atoms with E-state index in [9.17, 15) is 9.18 Å². The second-order valence-electron chi connectivity index (χ2n) is 3.77. The predicted octanol–water partition coefficient (Wildman–Crippen LogP) is 2.53. The fourth-order valence-corrected chi connectivity index (χ4v) is 2.05. The lowest BCUT2D eigenvalue weighted by atomic mass is 10.3. The van der Waals surface area contributed by atoms with Gasteiger partial charge in [0.1, 0.15) is 11.6 Å². The summed E-state index contributed by atoms with van der Waals surface area (Å²) >= 11 is 1.34. The molecule has 98 valence electrons. The highest BCUT2D eigenvalue weighted by Gasteiger charge is 2.04. The van der Waals surface area contributed by atoms with Crippen LogP contribution in [0.3, 0.4) is 0 Å². The lowest BCUT2D eigenvalue weighted by molar-refractivity contribution is -0.113. The van der Waals surface area contributed by atoms with Crippen molar-refractivity contribution < 1.29 is 9.18 Å². The van der Waals surface area contributed by atoms with E-state index in [4.69, 9.17) is 5.73 Å². The fraction of sp³-hybridized carbons (Fsp3) is 0.0769. The molecule has 1 aromatic carbocycles. The molecule has 1 heterocycles. The summed E-state index contributed by atoms with van der Waals surface area (Å²) in [5.41, 5.74) is 5.91. The Kier molecular flexibility index (Phi) is 4.35. The third kappa shape index (κ3) is 4.26. The first kappa shape index (κ1) is 13.4. The van der Waals surface area contributed by atoms with Gasteiger partial charge in [0.25, 0.3) is 0 Å². The van der Waals surface area contributed by atoms with Crippen LogP contribution in [0.5, 0.6) is 0 Å². The van der Waals surface area contributed by atoms with Crippen LogP contribution in [-0.4, -0.2) is 16.6 Å². The van der Waals surface area contributed by atoms with Crippen molar-refractivity contribution in [2.24, 2.45) is 0 Å². The minimum atomic E-state index is -0.381. The lowest BCUT2D eigenvalue weighted by Crippen LogP contribution is -2.14. The molecule has 19 heavy (non-hydrogen) atoms. The van der Waals surface area contributed by atoms with Crippen LogP contribution in [0.2, 0.25) is 0 Å². The van der Waals surface area contributed by atoms with Crippen LogP contribution in [0.4, 0.5) is 15.9 Å². The number of benzene rings is 1. The molecule has 1 amide bonds. The van der Waals surface area contributed by atoms with Gasteiger partial charge in [-0.25, -0.2) is 9.37 Å². The number of nitrogens with one attached hydrogen (secondary N) is 1. The molecule has 0 spiro atoms. The molecule has 2 aromatic rings. The minimum Gasteiger partial charge on any atom is -0.384 e. The normalized spacial score (nSPS) is 10.2. The Labute approximate surface area is 114 Å². The first-order chi connectivity index (χ1) is 9.13. The van der Waals surface area contributed by atoms with Crippen LogP contribution in [0, 0.1) is 5.82 Å². The van der Waals surface area contributed by atoms with E-state index >= 15 is 0 Å². The van der Waals surface area contributed by atoms with Gasteiger partial charge in [0.2, 0.25) is 5.91 Å². The molecule has 0 aliphatic heterocycles. The molecule has 6 heteroatoms. The zero-order chi connectivity index (χ0) is 13.7. The third-order valence-electron chi connectivity index (χ3n) is 2.24. The molecular weight excluding hydrogens is 265 g/mol. The predicted molar refractivity (Wildman–Crippen MR) is 74.4 cm³/mol. The summed E-state index contributed by atoms with van der Waals surface area (Å²) in [7, 11) is 0. The van der Waals surface area contributed by atoms with E-state index in [2.05, 4.69) is 10.3 Å². The van der Waals surface area contributed by atoms with E-state index in [1.807, 2.05) is 0 Å². The van der Waals surface area contributed by atoms with Crippen molar-refractivity contribution in [3.63, 3.8) is 0 Å². The Balaban J connectivity index is 1.86. The number of nitrogen functional groups attached to an aromatic ring is 1. The SMILES string of the molecule is Nc1ccc(SCC(=O)Nc2cccc(F)c2)cn1. The summed E-state index contributed by atoms with van der Waals surface area (Å²) in [6, 6.07) is 9.24. The average Bonchev–Trinajstić information content (AvgIpc) is 2.38. The van der Waals surface area contributed by atoms with Crippen LogP contribution in [0.15, 0.2) is 47.5 Å². The monoisotopic (exact) mass is 277 g/mol. The van der Waals surface area contributed by atoms with Crippen LogP contribution in [0.1, 0.15) is 0 Å². The van der Waals surface area contributed by atoms with Crippen molar-refractivity contribution in [3.05, 3.63) is 48.4 Å². The first-order valence-electron chi connectivity index (χ1n) is 5.53. The molecular formula is C13H12FN3OS. The van der Waals surface area contributed by atoms with E-state index in [0.717, 1.165) is 4.90 Å². The highest BCUT2D eigenvalue weighted by molar-refractivity contribution is 8.00. The van der Waals surface area contributed by atoms with Crippen LogP contribution >= 0.6 is 11.8 Å². The Bertz CT molecular complexity index is 574. The smallest absolute Gasteiger partial charge is 0.234 e. The number of hydrogen-bond acceptors (Lipinski definition) is 4. The number of thioether (sulfide) groups is 1. The van der Waals surface area contributed by atoms with Crippen molar-refractivity contribution in [3.8, 4) is 0 Å². The topological polar surface area (TPSA) is 68.0 Å². The summed E-state index contributed by atoms with van der Waals surface area (Å²) in [5, 5.41) is 2.62. The number of carbonyl (C=O) groups excluding carboxylic acids is 1. The summed E-state index contributed by atoms with van der Waals surface area (Å²) in [5.74, 6) is 0.0800. The van der Waals surface area contributed by atoms with Gasteiger partial charge in [0.05, 0.1) is 5.75 Å². The highest BCUT2D eigenvalue weighted by Crippen LogP contribution is 2.18. The number of nitrogens with zero attached hydrogens (tertiary/aromatic N) is 1. The summed E-state index contributed by atoms with van der Waals surface area (Å²) in [4.78, 5) is 16.4. The number of aromatic nitrogens is 1. The molecule has 0 radical (unpaired) electrons. The maximum Gasteiger partial charge on any atom is 0.234 e. The Hall–Kier alpha value is -2.08. The molecule has 0 aliphatic carbocycles. The van der Waals surface area contributed by atoms with Gasteiger partial charge in [0, 0.05) is 16.8 Å². The zero-order valence-corrected chi connectivity index (χ0v) is 10.8. The Morgan fingerprint density at radius 2 is 2.21 bits per heavy atom. The van der Waals surface area contributed by atoms with Gasteiger partial charge >= 0.3 is 0 Å². The largest absolute Gasteiger partial charge is 0.384 e. The number of amides is 1. The summed E-state index contributed by atoms with van der Waals surface area (Å²) < 4.78 is 12.9. The maximum absolute atomic E-state index is 12.9. The molecule has 0 saturated carbocycles.